The van der Waals surface area contributed by atoms with E-state index in [9.17, 15) is 9.59 Å². The van der Waals surface area contributed by atoms with Crippen LogP contribution >= 0.6 is 39.3 Å². The van der Waals surface area contributed by atoms with E-state index in [-0.39, 0.29) is 23.1 Å². The number of amides is 2. The molecule has 0 aromatic heterocycles. The van der Waals surface area contributed by atoms with Crippen LogP contribution in [0, 0.1) is 6.92 Å². The van der Waals surface area contributed by atoms with Gasteiger partial charge >= 0.3 is 0 Å². The molecule has 0 saturated heterocycles. The monoisotopic (exact) mass is 564 g/mol. The molecule has 1 aliphatic rings. The third kappa shape index (κ3) is 6.85. The number of carbonyl (C=O) groups is 2. The average Bonchev–Trinajstić information content (AvgIpc) is 3.12. The molecule has 1 heterocycles. The van der Waals surface area contributed by atoms with Gasteiger partial charge in [0.1, 0.15) is 10.3 Å². The van der Waals surface area contributed by atoms with E-state index in [2.05, 4.69) is 31.6 Å². The van der Waals surface area contributed by atoms with Gasteiger partial charge in [-0.1, -0.05) is 45.4 Å². The predicted molar refractivity (Wildman–Crippen MR) is 143 cm³/mol. The first-order valence-electron chi connectivity index (χ1n) is 10.7. The van der Waals surface area contributed by atoms with Crippen LogP contribution in [-0.4, -0.2) is 41.9 Å². The molecule has 180 valence electrons. The lowest BCUT2D eigenvalue weighted by atomic mass is 10.1. The molecule has 0 saturated carbocycles. The van der Waals surface area contributed by atoms with E-state index >= 15 is 0 Å². The quantitative estimate of drug-likeness (QED) is 0.373. The first-order chi connectivity index (χ1) is 16.3. The molecule has 0 unspecified atom stereocenters. The van der Waals surface area contributed by atoms with Crippen molar-refractivity contribution in [3.05, 3.63) is 68.8 Å². The highest BCUT2D eigenvalue weighted by molar-refractivity contribution is 9.10. The summed E-state index contributed by atoms with van der Waals surface area (Å²) < 4.78 is 6.25. The fourth-order valence-electron chi connectivity index (χ4n) is 3.20. The van der Waals surface area contributed by atoms with Crippen molar-refractivity contribution in [2.75, 3.05) is 25.1 Å². The Hall–Kier alpha value is -2.33. The fourth-order valence-corrected chi connectivity index (χ4v) is 4.75. The maximum absolute atomic E-state index is 13.1. The maximum Gasteiger partial charge on any atom is 0.255 e. The molecule has 0 spiro atoms. The molecule has 3 rings (SSSR count). The number of benzene rings is 2. The van der Waals surface area contributed by atoms with Crippen LogP contribution in [0.3, 0.4) is 0 Å². The second-order valence-electron chi connectivity index (χ2n) is 7.48. The Morgan fingerprint density at radius 1 is 1.26 bits per heavy atom. The average molecular weight is 566 g/mol. The highest BCUT2D eigenvalue weighted by Gasteiger charge is 2.38. The van der Waals surface area contributed by atoms with E-state index in [4.69, 9.17) is 22.1 Å². The number of hydrogen-bond acceptors (Lipinski definition) is 6. The second-order valence-corrected chi connectivity index (χ2v) is 9.87. The summed E-state index contributed by atoms with van der Waals surface area (Å²) in [5.41, 5.74) is 8.91. The molecule has 2 aromatic rings. The van der Waals surface area contributed by atoms with Gasteiger partial charge in [0.05, 0.1) is 11.3 Å². The van der Waals surface area contributed by atoms with Crippen LogP contribution < -0.4 is 16.4 Å². The normalized spacial score (nSPS) is 16.7. The molecule has 0 radical (unpaired) electrons. The SMILES string of the molecule is CCOCCCNC(=O)C1=C(N)[C@@H](C(=O)Nc2ccc(Br)c(C)c2)SC1=Nc1cccc(Cl)c1. The third-order valence-electron chi connectivity index (χ3n) is 4.90. The Bertz CT molecular complexity index is 1140. The lowest BCUT2D eigenvalue weighted by molar-refractivity contribution is -0.117. The van der Waals surface area contributed by atoms with Gasteiger partial charge in [-0.05, 0) is 62.2 Å². The van der Waals surface area contributed by atoms with Crippen molar-refractivity contribution in [3.63, 3.8) is 0 Å². The van der Waals surface area contributed by atoms with Crippen molar-refractivity contribution in [2.24, 2.45) is 10.7 Å². The molecule has 34 heavy (non-hydrogen) atoms. The zero-order valence-corrected chi connectivity index (χ0v) is 22.0. The van der Waals surface area contributed by atoms with E-state index in [1.165, 1.54) is 0 Å². The zero-order chi connectivity index (χ0) is 24.7. The summed E-state index contributed by atoms with van der Waals surface area (Å²) in [6.07, 6.45) is 0.660. The molecule has 0 aliphatic carbocycles. The number of hydrogen-bond donors (Lipinski definition) is 3. The number of ether oxygens (including phenoxy) is 1. The molecule has 4 N–H and O–H groups in total. The van der Waals surface area contributed by atoms with E-state index in [1.54, 1.807) is 30.3 Å². The van der Waals surface area contributed by atoms with Crippen LogP contribution in [0.5, 0.6) is 0 Å². The van der Waals surface area contributed by atoms with Gasteiger partial charge in [0, 0.05) is 40.6 Å². The van der Waals surface area contributed by atoms with Gasteiger partial charge in [-0.15, -0.1) is 0 Å². The van der Waals surface area contributed by atoms with Crippen molar-refractivity contribution in [3.8, 4) is 0 Å². The Morgan fingerprint density at radius 2 is 2.06 bits per heavy atom. The molecule has 7 nitrogen and oxygen atoms in total. The van der Waals surface area contributed by atoms with Gasteiger partial charge in [0.15, 0.2) is 0 Å². The van der Waals surface area contributed by atoms with Gasteiger partial charge < -0.3 is 21.1 Å². The van der Waals surface area contributed by atoms with Crippen molar-refractivity contribution >= 4 is 67.5 Å². The molecule has 0 bridgehead atoms. The van der Waals surface area contributed by atoms with Crippen molar-refractivity contribution in [2.45, 2.75) is 25.5 Å². The Morgan fingerprint density at radius 3 is 2.76 bits per heavy atom. The first-order valence-corrected chi connectivity index (χ1v) is 12.8. The summed E-state index contributed by atoms with van der Waals surface area (Å²) in [5, 5.41) is 5.82. The minimum absolute atomic E-state index is 0.166. The number of aliphatic imine (C=N–C) groups is 1. The van der Waals surface area contributed by atoms with Gasteiger partial charge in [-0.2, -0.15) is 0 Å². The molecule has 1 atom stereocenters. The fraction of sp³-hybridized carbons (Fsp3) is 0.292. The Labute approximate surface area is 216 Å². The molecular weight excluding hydrogens is 540 g/mol. The Kier molecular flexibility index (Phi) is 9.58. The molecule has 0 fully saturated rings. The number of thioether (sulfide) groups is 1. The van der Waals surface area contributed by atoms with Crippen LogP contribution in [0.25, 0.3) is 0 Å². The molecule has 2 amide bonds. The molecule has 2 aromatic carbocycles. The summed E-state index contributed by atoms with van der Waals surface area (Å²) in [7, 11) is 0. The topological polar surface area (TPSA) is 106 Å². The lowest BCUT2D eigenvalue weighted by Crippen LogP contribution is -2.32. The standard InChI is InChI=1S/C24H26BrClN4O3S/c1-3-33-11-5-10-28-22(31)19-20(27)21(23(32)29-17-8-9-18(25)14(2)12-17)34-24(19)30-16-7-4-6-15(26)13-16/h4,6-9,12-13,21H,3,5,10-11,27H2,1-2H3,(H,28,31)(H,29,32)/t21-/m0/s1. The Balaban J connectivity index is 1.84. The molecule has 1 aliphatic heterocycles. The number of carbonyl (C=O) groups excluding carboxylic acids is 2. The first kappa shape index (κ1) is 26.3. The predicted octanol–water partition coefficient (Wildman–Crippen LogP) is 4.95. The number of halogens is 2. The lowest BCUT2D eigenvalue weighted by Gasteiger charge is -2.12. The van der Waals surface area contributed by atoms with Crippen LogP contribution in [0.4, 0.5) is 11.4 Å². The van der Waals surface area contributed by atoms with E-state index in [0.29, 0.717) is 47.6 Å². The van der Waals surface area contributed by atoms with Gasteiger partial charge in [0.25, 0.3) is 5.91 Å². The third-order valence-corrected chi connectivity index (χ3v) is 7.25. The smallest absolute Gasteiger partial charge is 0.255 e. The number of nitrogens with two attached hydrogens (primary N) is 1. The highest BCUT2D eigenvalue weighted by Crippen LogP contribution is 2.36. The molecule has 10 heteroatoms. The number of rotatable bonds is 9. The molecular formula is C24H26BrClN4O3S. The van der Waals surface area contributed by atoms with Crippen molar-refractivity contribution < 1.29 is 14.3 Å². The van der Waals surface area contributed by atoms with Crippen LogP contribution in [-0.2, 0) is 14.3 Å². The number of nitrogens with zero attached hydrogens (tertiary/aromatic N) is 1. The van der Waals surface area contributed by atoms with E-state index in [1.807, 2.05) is 26.0 Å². The van der Waals surface area contributed by atoms with Gasteiger partial charge in [-0.3, -0.25) is 9.59 Å². The van der Waals surface area contributed by atoms with E-state index in [0.717, 1.165) is 21.8 Å². The summed E-state index contributed by atoms with van der Waals surface area (Å²) in [4.78, 5) is 30.7. The largest absolute Gasteiger partial charge is 0.400 e. The van der Waals surface area contributed by atoms with Crippen LogP contribution in [0.2, 0.25) is 5.02 Å². The highest BCUT2D eigenvalue weighted by atomic mass is 79.9. The van der Waals surface area contributed by atoms with Crippen molar-refractivity contribution in [1.82, 2.24) is 5.32 Å². The number of anilines is 1. The van der Waals surface area contributed by atoms with Crippen LogP contribution in [0.15, 0.2) is 63.2 Å². The van der Waals surface area contributed by atoms with Gasteiger partial charge in [0.2, 0.25) is 5.91 Å². The van der Waals surface area contributed by atoms with Crippen molar-refractivity contribution in [1.29, 1.82) is 0 Å². The van der Waals surface area contributed by atoms with Crippen LogP contribution in [0.1, 0.15) is 18.9 Å². The van der Waals surface area contributed by atoms with Gasteiger partial charge in [-0.25, -0.2) is 4.99 Å². The minimum Gasteiger partial charge on any atom is -0.400 e. The van der Waals surface area contributed by atoms with E-state index < -0.39 is 5.25 Å². The summed E-state index contributed by atoms with van der Waals surface area (Å²) in [5.74, 6) is -0.709. The minimum atomic E-state index is -0.800. The summed E-state index contributed by atoms with van der Waals surface area (Å²) >= 11 is 10.7. The second kappa shape index (κ2) is 12.4. The maximum atomic E-state index is 13.1. The summed E-state index contributed by atoms with van der Waals surface area (Å²) in [6, 6.07) is 12.5. The summed E-state index contributed by atoms with van der Waals surface area (Å²) in [6.45, 7) is 5.43. The number of aryl methyl sites for hydroxylation is 1. The zero-order valence-electron chi connectivity index (χ0n) is 18.9. The number of nitrogens with one attached hydrogen (secondary N) is 2.